The third-order valence-electron chi connectivity index (χ3n) is 6.57. The summed E-state index contributed by atoms with van der Waals surface area (Å²) in [5.41, 5.74) is 9.67. The van der Waals surface area contributed by atoms with Crippen LogP contribution >= 0.6 is 11.3 Å². The van der Waals surface area contributed by atoms with E-state index in [0.717, 1.165) is 53.1 Å². The number of rotatable bonds is 17. The van der Waals surface area contributed by atoms with Gasteiger partial charge >= 0.3 is 6.09 Å². The summed E-state index contributed by atoms with van der Waals surface area (Å²) in [5.74, 6) is 0.484. The summed E-state index contributed by atoms with van der Waals surface area (Å²) in [6.45, 7) is 3.91. The molecular formula is C32H43N7O4S. The molecule has 0 aliphatic rings. The van der Waals surface area contributed by atoms with Crippen molar-refractivity contribution in [3.8, 4) is 0 Å². The third kappa shape index (κ3) is 12.4. The van der Waals surface area contributed by atoms with E-state index in [9.17, 15) is 14.7 Å². The number of aromatic nitrogens is 2. The number of hydrogen-bond acceptors (Lipinski definition) is 10. The van der Waals surface area contributed by atoms with Crippen LogP contribution in [0.15, 0.2) is 78.3 Å². The first kappa shape index (κ1) is 34.1. The molecule has 0 saturated carbocycles. The molecule has 7 N–H and O–H groups in total. The van der Waals surface area contributed by atoms with E-state index in [4.69, 9.17) is 10.5 Å². The fourth-order valence-electron chi connectivity index (χ4n) is 4.31. The molecule has 0 aliphatic heterocycles. The van der Waals surface area contributed by atoms with E-state index in [2.05, 4.69) is 31.5 Å². The fourth-order valence-corrected chi connectivity index (χ4v) is 5.11. The molecule has 44 heavy (non-hydrogen) atoms. The van der Waals surface area contributed by atoms with Gasteiger partial charge in [-0.15, -0.1) is 10.2 Å². The van der Waals surface area contributed by atoms with E-state index in [-0.39, 0.29) is 18.4 Å². The molecule has 3 rings (SSSR count). The number of alkyl carbamates (subject to hydrolysis) is 1. The largest absolute Gasteiger partial charge is 0.450 e. The van der Waals surface area contributed by atoms with Crippen molar-refractivity contribution in [2.75, 3.05) is 19.0 Å². The lowest BCUT2D eigenvalue weighted by Crippen LogP contribution is -2.34. The van der Waals surface area contributed by atoms with Gasteiger partial charge in [0.05, 0.1) is 19.1 Å². The van der Waals surface area contributed by atoms with Gasteiger partial charge in [0.25, 0.3) is 0 Å². The Morgan fingerprint density at radius 1 is 1.05 bits per heavy atom. The summed E-state index contributed by atoms with van der Waals surface area (Å²) in [5, 5.41) is 31.7. The molecule has 236 valence electrons. The Kier molecular flexibility index (Phi) is 14.2. The molecule has 12 heteroatoms. The highest BCUT2D eigenvalue weighted by Gasteiger charge is 2.13. The number of hydrogen-bond donors (Lipinski definition) is 6. The van der Waals surface area contributed by atoms with Gasteiger partial charge in [-0.2, -0.15) is 0 Å². The predicted octanol–water partition coefficient (Wildman–Crippen LogP) is 4.29. The van der Waals surface area contributed by atoms with Crippen molar-refractivity contribution in [2.24, 2.45) is 5.73 Å². The number of aliphatic hydroxyl groups excluding tert-OH is 1. The molecule has 2 atom stereocenters. The third-order valence-corrected chi connectivity index (χ3v) is 7.47. The molecule has 3 aromatic rings. The van der Waals surface area contributed by atoms with Crippen molar-refractivity contribution in [1.82, 2.24) is 26.1 Å². The number of benzene rings is 2. The highest BCUT2D eigenvalue weighted by Crippen LogP contribution is 2.19. The topological polar surface area (TPSA) is 164 Å². The normalized spacial score (nSPS) is 13.1. The quantitative estimate of drug-likeness (QED) is 0.0733. The van der Waals surface area contributed by atoms with E-state index in [1.807, 2.05) is 73.7 Å². The highest BCUT2D eigenvalue weighted by atomic mass is 32.1. The van der Waals surface area contributed by atoms with Crippen molar-refractivity contribution in [2.45, 2.75) is 64.6 Å². The second-order valence-corrected chi connectivity index (χ2v) is 11.2. The Morgan fingerprint density at radius 3 is 2.57 bits per heavy atom. The van der Waals surface area contributed by atoms with Crippen LogP contribution in [0.1, 0.15) is 60.8 Å². The number of ether oxygens (including phenoxy) is 1. The van der Waals surface area contributed by atoms with Gasteiger partial charge < -0.3 is 36.8 Å². The number of amides is 2. The van der Waals surface area contributed by atoms with Crippen molar-refractivity contribution >= 4 is 28.5 Å². The lowest BCUT2D eigenvalue weighted by molar-refractivity contribution is -0.115. The number of carbonyl (C=O) groups excluding carboxylic acids is 2. The zero-order chi connectivity index (χ0) is 31.7. The van der Waals surface area contributed by atoms with E-state index in [1.54, 1.807) is 14.0 Å². The highest BCUT2D eigenvalue weighted by molar-refractivity contribution is 7.15. The molecule has 0 saturated heterocycles. The van der Waals surface area contributed by atoms with Crippen LogP contribution in [0, 0.1) is 0 Å². The van der Waals surface area contributed by atoms with E-state index in [1.165, 1.54) is 11.3 Å². The Balaban J connectivity index is 1.38. The van der Waals surface area contributed by atoms with Gasteiger partial charge in [0.2, 0.25) is 11.0 Å². The maximum atomic E-state index is 12.6. The van der Waals surface area contributed by atoms with Crippen molar-refractivity contribution in [3.63, 3.8) is 0 Å². The zero-order valence-corrected chi connectivity index (χ0v) is 26.3. The van der Waals surface area contributed by atoms with Crippen LogP contribution in [-0.4, -0.2) is 47.2 Å². The van der Waals surface area contributed by atoms with Gasteiger partial charge in [-0.3, -0.25) is 4.79 Å². The molecule has 2 amide bonds. The molecule has 0 aliphatic carbocycles. The molecule has 2 aromatic carbocycles. The van der Waals surface area contributed by atoms with Crippen molar-refractivity contribution < 1.29 is 19.4 Å². The molecule has 2 unspecified atom stereocenters. The average molecular weight is 622 g/mol. The summed E-state index contributed by atoms with van der Waals surface area (Å²) < 4.78 is 4.94. The lowest BCUT2D eigenvalue weighted by Gasteiger charge is -2.16. The van der Waals surface area contributed by atoms with Crippen LogP contribution in [0.2, 0.25) is 0 Å². The monoisotopic (exact) mass is 621 g/mol. The number of unbranched alkanes of at least 4 members (excludes halogenated alkanes) is 1. The second kappa shape index (κ2) is 18.3. The lowest BCUT2D eigenvalue weighted by atomic mass is 10.0. The molecule has 1 aromatic heterocycles. The van der Waals surface area contributed by atoms with E-state index >= 15 is 0 Å². The van der Waals surface area contributed by atoms with Gasteiger partial charge in [-0.05, 0) is 62.0 Å². The van der Waals surface area contributed by atoms with Crippen LogP contribution in [0.3, 0.4) is 0 Å². The standard InChI is InChI=1S/C32H43N7O4S/c1-4-43-32(42)35-22(2)25-14-10-13-24(19-25)21-29(41)37-31-39-38-30(44-31)16-9-8-15-26(33)17-18-27(34-3)36-28(40)20-23-11-6-5-7-12-23/h5-7,10-14,17-19,22,28,34,36,40H,4,8-9,15-16,20-21,33H2,1-3H3,(H,35,42)(H,37,39,41)/b26-17-,27-18+. The maximum absolute atomic E-state index is 12.6. The number of carbonyl (C=O) groups is 2. The molecule has 11 nitrogen and oxygen atoms in total. The average Bonchev–Trinajstić information content (AvgIpc) is 3.44. The van der Waals surface area contributed by atoms with Crippen LogP contribution in [-0.2, 0) is 28.8 Å². The maximum Gasteiger partial charge on any atom is 0.407 e. The smallest absolute Gasteiger partial charge is 0.407 e. The van der Waals surface area contributed by atoms with E-state index in [0.29, 0.717) is 24.0 Å². The van der Waals surface area contributed by atoms with Gasteiger partial charge in [-0.25, -0.2) is 4.79 Å². The van der Waals surface area contributed by atoms with E-state index < -0.39 is 12.3 Å². The second-order valence-electron chi connectivity index (χ2n) is 10.2. The van der Waals surface area contributed by atoms with Crippen molar-refractivity contribution in [1.29, 1.82) is 0 Å². The summed E-state index contributed by atoms with van der Waals surface area (Å²) >= 11 is 1.36. The zero-order valence-electron chi connectivity index (χ0n) is 25.5. The van der Waals surface area contributed by atoms with Gasteiger partial charge in [0.1, 0.15) is 17.1 Å². The summed E-state index contributed by atoms with van der Waals surface area (Å²) in [6.07, 6.45) is 6.31. The molecule has 0 fully saturated rings. The van der Waals surface area contributed by atoms with Crippen LogP contribution in [0.5, 0.6) is 0 Å². The first-order valence-corrected chi connectivity index (χ1v) is 15.5. The molecule has 0 radical (unpaired) electrons. The van der Waals surface area contributed by atoms with Gasteiger partial charge in [0.15, 0.2) is 0 Å². The van der Waals surface area contributed by atoms with Crippen LogP contribution in [0.4, 0.5) is 9.93 Å². The Hall–Kier alpha value is -4.42. The van der Waals surface area contributed by atoms with Gasteiger partial charge in [0, 0.05) is 25.6 Å². The summed E-state index contributed by atoms with van der Waals surface area (Å²) in [6, 6.07) is 17.1. The van der Waals surface area contributed by atoms with Crippen LogP contribution in [0.25, 0.3) is 0 Å². The number of allylic oxidation sites excluding steroid dienone is 3. The number of anilines is 1. The Morgan fingerprint density at radius 2 is 1.82 bits per heavy atom. The minimum Gasteiger partial charge on any atom is -0.450 e. The molecule has 1 heterocycles. The number of nitrogens with zero attached hydrogens (tertiary/aromatic N) is 2. The molecule has 0 spiro atoms. The summed E-state index contributed by atoms with van der Waals surface area (Å²) in [4.78, 5) is 24.3. The number of aliphatic hydroxyl groups is 1. The Labute approximate surface area is 263 Å². The number of nitrogens with one attached hydrogen (secondary N) is 4. The molecular weight excluding hydrogens is 578 g/mol. The summed E-state index contributed by atoms with van der Waals surface area (Å²) in [7, 11) is 1.78. The molecule has 0 bridgehead atoms. The number of nitrogens with two attached hydrogens (primary N) is 1. The van der Waals surface area contributed by atoms with Crippen molar-refractivity contribution in [3.05, 3.63) is 100.0 Å². The minimum atomic E-state index is -0.728. The number of aryl methyl sites for hydroxylation is 1. The van der Waals surface area contributed by atoms with Gasteiger partial charge in [-0.1, -0.05) is 65.9 Å². The fraction of sp³-hybridized carbons (Fsp3) is 0.375. The predicted molar refractivity (Wildman–Crippen MR) is 174 cm³/mol. The first-order chi connectivity index (χ1) is 21.2. The minimum absolute atomic E-state index is 0.172. The SMILES string of the molecule is CCOC(=O)NC(C)c1cccc(CC(=O)Nc2nnc(CCCC/C(N)=C/C=C(\NC)NC(O)Cc3ccccc3)s2)c1. The van der Waals surface area contributed by atoms with Crippen LogP contribution < -0.4 is 27.0 Å². The first-order valence-electron chi connectivity index (χ1n) is 14.7. The Bertz CT molecular complexity index is 1390.